The van der Waals surface area contributed by atoms with Gasteiger partial charge in [0.15, 0.2) is 5.82 Å². The fourth-order valence-electron chi connectivity index (χ4n) is 4.27. The number of aromatic nitrogens is 2. The summed E-state index contributed by atoms with van der Waals surface area (Å²) in [6.07, 6.45) is 2.22. The number of rotatable bonds is 10. The second kappa shape index (κ2) is 11.5. The summed E-state index contributed by atoms with van der Waals surface area (Å²) in [5, 5.41) is 5.23. The summed E-state index contributed by atoms with van der Waals surface area (Å²) >= 11 is 6.56. The lowest BCUT2D eigenvalue weighted by molar-refractivity contribution is 0.295. The summed E-state index contributed by atoms with van der Waals surface area (Å²) in [6, 6.07) is 24.9. The van der Waals surface area contributed by atoms with Gasteiger partial charge in [-0.15, -0.1) is 0 Å². The van der Waals surface area contributed by atoms with Gasteiger partial charge in [0.1, 0.15) is 5.82 Å². The molecule has 0 aliphatic carbocycles. The highest BCUT2D eigenvalue weighted by molar-refractivity contribution is 6.35. The number of fused-ring (bicyclic) bond motifs is 1. The lowest BCUT2D eigenvalue weighted by atomic mass is 10.0. The predicted molar refractivity (Wildman–Crippen MR) is 146 cm³/mol. The van der Waals surface area contributed by atoms with Gasteiger partial charge in [-0.1, -0.05) is 86.1 Å². The Bertz CT molecular complexity index is 1200. The van der Waals surface area contributed by atoms with Crippen molar-refractivity contribution in [2.24, 2.45) is 0 Å². The zero-order chi connectivity index (χ0) is 23.9. The Hall–Kier alpha value is -2.95. The molecule has 0 fully saturated rings. The average molecular weight is 473 g/mol. The van der Waals surface area contributed by atoms with Gasteiger partial charge < -0.3 is 10.2 Å². The van der Waals surface area contributed by atoms with Crippen LogP contribution < -0.4 is 5.32 Å². The number of hydrogen-bond acceptors (Lipinski definition) is 4. The van der Waals surface area contributed by atoms with Crippen molar-refractivity contribution in [2.75, 3.05) is 25.0 Å². The van der Waals surface area contributed by atoms with Crippen molar-refractivity contribution < 1.29 is 0 Å². The fraction of sp³-hybridized carbons (Fsp3) is 0.310. The molecule has 1 atom stereocenters. The van der Waals surface area contributed by atoms with Crippen LogP contribution in [-0.2, 0) is 0 Å². The minimum absolute atomic E-state index is 0.293. The molecule has 0 aliphatic heterocycles. The minimum atomic E-state index is 0.293. The largest absolute Gasteiger partial charge is 0.367 e. The van der Waals surface area contributed by atoms with E-state index in [1.54, 1.807) is 0 Å². The zero-order valence-electron chi connectivity index (χ0n) is 20.3. The first-order valence-corrected chi connectivity index (χ1v) is 12.6. The standard InChI is InChI=1S/C29H33ClN4/c1-4-34(5-2)20-10-11-21(3)31-29-25-14-9-15-26(30)27(25)32-28(33-29)24-18-16-23(17-19-24)22-12-7-6-8-13-22/h6-9,12-19,21H,4-5,10-11,20H2,1-3H3,(H,31,32,33). The van der Waals surface area contributed by atoms with Gasteiger partial charge in [0.2, 0.25) is 0 Å². The monoisotopic (exact) mass is 472 g/mol. The van der Waals surface area contributed by atoms with E-state index in [-0.39, 0.29) is 0 Å². The number of halogens is 1. The number of benzene rings is 3. The van der Waals surface area contributed by atoms with Crippen LogP contribution in [0.4, 0.5) is 5.82 Å². The molecule has 34 heavy (non-hydrogen) atoms. The number of para-hydroxylation sites is 1. The molecule has 0 bridgehead atoms. The SMILES string of the molecule is CCN(CC)CCCC(C)Nc1nc(-c2ccc(-c3ccccc3)cc2)nc2c(Cl)cccc12. The first-order valence-electron chi connectivity index (χ1n) is 12.2. The molecule has 176 valence electrons. The molecule has 0 saturated carbocycles. The Morgan fingerprint density at radius 2 is 1.50 bits per heavy atom. The first kappa shape index (κ1) is 24.2. The van der Waals surface area contributed by atoms with Gasteiger partial charge in [-0.05, 0) is 62.7 Å². The molecule has 0 aliphatic rings. The van der Waals surface area contributed by atoms with E-state index in [1.807, 2.05) is 24.3 Å². The minimum Gasteiger partial charge on any atom is -0.367 e. The summed E-state index contributed by atoms with van der Waals surface area (Å²) in [7, 11) is 0. The van der Waals surface area contributed by atoms with Crippen molar-refractivity contribution in [1.29, 1.82) is 0 Å². The summed E-state index contributed by atoms with van der Waals surface area (Å²) in [6.45, 7) is 9.97. The number of anilines is 1. The number of nitrogens with zero attached hydrogens (tertiary/aromatic N) is 3. The summed E-state index contributed by atoms with van der Waals surface area (Å²) in [4.78, 5) is 12.2. The van der Waals surface area contributed by atoms with Crippen molar-refractivity contribution in [3.63, 3.8) is 0 Å². The van der Waals surface area contributed by atoms with Crippen LogP contribution in [-0.4, -0.2) is 40.5 Å². The summed E-state index contributed by atoms with van der Waals surface area (Å²) in [5.41, 5.74) is 4.11. The van der Waals surface area contributed by atoms with Crippen molar-refractivity contribution >= 4 is 28.3 Å². The number of nitrogens with one attached hydrogen (secondary N) is 1. The second-order valence-corrected chi connectivity index (χ2v) is 9.10. The lowest BCUT2D eigenvalue weighted by Crippen LogP contribution is -2.25. The van der Waals surface area contributed by atoms with Crippen LogP contribution in [0.1, 0.15) is 33.6 Å². The van der Waals surface area contributed by atoms with Crippen LogP contribution in [0.2, 0.25) is 5.02 Å². The maximum Gasteiger partial charge on any atom is 0.162 e. The normalized spacial score (nSPS) is 12.3. The van der Waals surface area contributed by atoms with E-state index in [0.717, 1.165) is 54.8 Å². The van der Waals surface area contributed by atoms with E-state index < -0.39 is 0 Å². The Balaban J connectivity index is 1.59. The molecule has 1 aromatic heterocycles. The molecule has 0 spiro atoms. The molecule has 0 radical (unpaired) electrons. The molecule has 0 saturated heterocycles. The zero-order valence-corrected chi connectivity index (χ0v) is 21.0. The van der Waals surface area contributed by atoms with Gasteiger partial charge >= 0.3 is 0 Å². The molecule has 0 amide bonds. The van der Waals surface area contributed by atoms with Gasteiger partial charge in [-0.2, -0.15) is 0 Å². The Kier molecular flexibility index (Phi) is 8.15. The topological polar surface area (TPSA) is 41.0 Å². The van der Waals surface area contributed by atoms with Crippen molar-refractivity contribution in [3.8, 4) is 22.5 Å². The van der Waals surface area contributed by atoms with Crippen molar-refractivity contribution in [1.82, 2.24) is 14.9 Å². The highest BCUT2D eigenvalue weighted by Gasteiger charge is 2.14. The maximum atomic E-state index is 6.56. The maximum absolute atomic E-state index is 6.56. The molecular weight excluding hydrogens is 440 g/mol. The Morgan fingerprint density at radius 1 is 0.824 bits per heavy atom. The lowest BCUT2D eigenvalue weighted by Gasteiger charge is -2.20. The van der Waals surface area contributed by atoms with E-state index in [2.05, 4.69) is 79.5 Å². The van der Waals surface area contributed by atoms with Gasteiger partial charge in [-0.3, -0.25) is 0 Å². The highest BCUT2D eigenvalue weighted by Crippen LogP contribution is 2.31. The predicted octanol–water partition coefficient (Wildman–Crippen LogP) is 7.54. The fourth-order valence-corrected chi connectivity index (χ4v) is 4.48. The third-order valence-electron chi connectivity index (χ3n) is 6.32. The third kappa shape index (κ3) is 5.75. The van der Waals surface area contributed by atoms with Crippen LogP contribution >= 0.6 is 11.6 Å². The highest BCUT2D eigenvalue weighted by atomic mass is 35.5. The van der Waals surface area contributed by atoms with Crippen molar-refractivity contribution in [2.45, 2.75) is 39.7 Å². The van der Waals surface area contributed by atoms with Gasteiger partial charge in [0.25, 0.3) is 0 Å². The number of hydrogen-bond donors (Lipinski definition) is 1. The smallest absolute Gasteiger partial charge is 0.162 e. The van der Waals surface area contributed by atoms with E-state index >= 15 is 0 Å². The molecular formula is C29H33ClN4. The molecule has 4 nitrogen and oxygen atoms in total. The van der Waals surface area contributed by atoms with E-state index in [4.69, 9.17) is 21.6 Å². The van der Waals surface area contributed by atoms with Crippen LogP contribution in [0.3, 0.4) is 0 Å². The van der Waals surface area contributed by atoms with Gasteiger partial charge in [0, 0.05) is 17.0 Å². The molecule has 5 heteroatoms. The molecule has 4 aromatic rings. The van der Waals surface area contributed by atoms with Crippen LogP contribution in [0.5, 0.6) is 0 Å². The average Bonchev–Trinajstić information content (AvgIpc) is 2.88. The third-order valence-corrected chi connectivity index (χ3v) is 6.62. The van der Waals surface area contributed by atoms with Crippen LogP contribution in [0.25, 0.3) is 33.4 Å². The molecule has 4 rings (SSSR count). The van der Waals surface area contributed by atoms with E-state index in [1.165, 1.54) is 11.1 Å². The van der Waals surface area contributed by atoms with Crippen molar-refractivity contribution in [3.05, 3.63) is 77.8 Å². The van der Waals surface area contributed by atoms with E-state index in [9.17, 15) is 0 Å². The molecule has 3 aromatic carbocycles. The Labute approximate surface area is 208 Å². The Morgan fingerprint density at radius 3 is 2.21 bits per heavy atom. The summed E-state index contributed by atoms with van der Waals surface area (Å²) in [5.74, 6) is 1.52. The molecule has 1 heterocycles. The summed E-state index contributed by atoms with van der Waals surface area (Å²) < 4.78 is 0. The molecule has 1 unspecified atom stereocenters. The second-order valence-electron chi connectivity index (χ2n) is 8.69. The van der Waals surface area contributed by atoms with Crippen LogP contribution in [0, 0.1) is 0 Å². The first-order chi connectivity index (χ1) is 16.6. The van der Waals surface area contributed by atoms with Gasteiger partial charge in [-0.25, -0.2) is 9.97 Å². The quantitative estimate of drug-likeness (QED) is 0.259. The van der Waals surface area contributed by atoms with Gasteiger partial charge in [0.05, 0.1) is 10.5 Å². The van der Waals surface area contributed by atoms with Crippen LogP contribution in [0.15, 0.2) is 72.8 Å². The molecule has 1 N–H and O–H groups in total. The van der Waals surface area contributed by atoms with E-state index in [0.29, 0.717) is 16.9 Å².